The van der Waals surface area contributed by atoms with E-state index in [1.165, 1.54) is 35.6 Å². The van der Waals surface area contributed by atoms with E-state index in [9.17, 15) is 19.1 Å². The highest BCUT2D eigenvalue weighted by Gasteiger charge is 2.17. The molecule has 0 aliphatic rings. The van der Waals surface area contributed by atoms with E-state index in [-0.39, 0.29) is 11.4 Å². The van der Waals surface area contributed by atoms with Gasteiger partial charge in [-0.15, -0.1) is 10.2 Å². The lowest BCUT2D eigenvalue weighted by Gasteiger charge is -2.14. The van der Waals surface area contributed by atoms with Crippen LogP contribution in [0.3, 0.4) is 0 Å². The van der Waals surface area contributed by atoms with Gasteiger partial charge >= 0.3 is 7.60 Å². The zero-order chi connectivity index (χ0) is 22.6. The van der Waals surface area contributed by atoms with Crippen LogP contribution in [0.4, 0.5) is 5.13 Å². The maximum atomic E-state index is 12.7. The van der Waals surface area contributed by atoms with Crippen LogP contribution in [-0.4, -0.2) is 32.0 Å². The third-order valence-electron chi connectivity index (χ3n) is 3.91. The summed E-state index contributed by atoms with van der Waals surface area (Å²) in [7, 11) is -4.34. The van der Waals surface area contributed by atoms with Crippen LogP contribution in [0.15, 0.2) is 42.5 Å². The summed E-state index contributed by atoms with van der Waals surface area (Å²) in [5, 5.41) is 11.8. The topological polar surface area (TPSA) is 131 Å². The van der Waals surface area contributed by atoms with Crippen molar-refractivity contribution < 1.29 is 28.6 Å². The second-order valence-corrected chi connectivity index (χ2v) is 9.47. The summed E-state index contributed by atoms with van der Waals surface area (Å²) in [5.41, 5.74) is 0.299. The number of hydrogen-bond donors (Lipinski definition) is 3. The average Bonchev–Trinajstić information content (AvgIpc) is 3.14. The van der Waals surface area contributed by atoms with E-state index in [1.54, 1.807) is 18.2 Å². The van der Waals surface area contributed by atoms with Crippen LogP contribution in [0.25, 0.3) is 0 Å². The number of rotatable bonds is 8. The first kappa shape index (κ1) is 22.9. The number of anilines is 1. The normalized spacial score (nSPS) is 11.4. The lowest BCUT2D eigenvalue weighted by atomic mass is 10.2. The van der Waals surface area contributed by atoms with Gasteiger partial charge in [-0.25, -0.2) is 0 Å². The molecule has 0 bridgehead atoms. The summed E-state index contributed by atoms with van der Waals surface area (Å²) in [6, 6.07) is 10.2. The maximum Gasteiger partial charge on any atom is 0.356 e. The van der Waals surface area contributed by atoms with Gasteiger partial charge in [0.15, 0.2) is 0 Å². The van der Waals surface area contributed by atoms with E-state index in [4.69, 9.17) is 9.47 Å². The van der Waals surface area contributed by atoms with Crippen LogP contribution in [0.1, 0.15) is 36.1 Å². The van der Waals surface area contributed by atoms with Crippen molar-refractivity contribution in [3.8, 4) is 17.2 Å². The number of aryl methyl sites for hydroxylation is 1. The van der Waals surface area contributed by atoms with Crippen LogP contribution >= 0.6 is 18.9 Å². The van der Waals surface area contributed by atoms with E-state index in [0.717, 1.165) is 11.4 Å². The molecule has 3 rings (SSSR count). The van der Waals surface area contributed by atoms with Gasteiger partial charge in [-0.3, -0.25) is 14.7 Å². The molecule has 2 aromatic carbocycles. The second-order valence-electron chi connectivity index (χ2n) is 6.81. The van der Waals surface area contributed by atoms with Gasteiger partial charge in [0.05, 0.1) is 11.4 Å². The number of nitrogens with one attached hydrogen (secondary N) is 1. The second kappa shape index (κ2) is 9.57. The fourth-order valence-electron chi connectivity index (χ4n) is 2.56. The summed E-state index contributed by atoms with van der Waals surface area (Å²) in [4.78, 5) is 31.2. The van der Waals surface area contributed by atoms with Gasteiger partial charge in [-0.1, -0.05) is 18.3 Å². The SMILES string of the molecule is CCc1nnc(NC(=O)c2cc(Oc3ccc(P(=O)(O)O)cc3)cc(OC(C)C)c2)s1. The smallest absolute Gasteiger partial charge is 0.356 e. The molecular formula is C20H22N3O6PS. The molecule has 11 heteroatoms. The number of aromatic nitrogens is 2. The Labute approximate surface area is 183 Å². The Hall–Kier alpha value is -2.78. The minimum absolute atomic E-state index is 0.111. The first-order valence-electron chi connectivity index (χ1n) is 9.43. The number of carbonyl (C=O) groups excluding carboxylic acids is 1. The highest BCUT2D eigenvalue weighted by molar-refractivity contribution is 7.60. The third-order valence-corrected chi connectivity index (χ3v) is 5.87. The first-order valence-corrected chi connectivity index (χ1v) is 11.9. The standard InChI is InChI=1S/C20H22N3O6PS/c1-4-18-22-23-20(31-18)21-19(24)13-9-15(28-12(2)3)11-16(10-13)29-14-5-7-17(8-6-14)30(25,26)27/h5-12H,4H2,1-3H3,(H,21,23,24)(H2,25,26,27). The Morgan fingerprint density at radius 3 is 2.35 bits per heavy atom. The molecule has 0 saturated heterocycles. The number of carbonyl (C=O) groups is 1. The minimum atomic E-state index is -4.34. The van der Waals surface area contributed by atoms with Gasteiger partial charge < -0.3 is 19.3 Å². The molecule has 31 heavy (non-hydrogen) atoms. The Morgan fingerprint density at radius 2 is 1.77 bits per heavy atom. The highest BCUT2D eigenvalue weighted by atomic mass is 32.1. The molecule has 0 unspecified atom stereocenters. The fourth-order valence-corrected chi connectivity index (χ4v) is 3.77. The Morgan fingerprint density at radius 1 is 1.10 bits per heavy atom. The van der Waals surface area contributed by atoms with Crippen LogP contribution in [0, 0.1) is 0 Å². The first-order chi connectivity index (χ1) is 14.6. The van der Waals surface area contributed by atoms with Crippen molar-refractivity contribution in [1.82, 2.24) is 10.2 Å². The molecule has 0 aliphatic carbocycles. The summed E-state index contributed by atoms with van der Waals surface area (Å²) in [5.74, 6) is 0.728. The predicted octanol–water partition coefficient (Wildman–Crippen LogP) is 3.74. The molecule has 3 aromatic rings. The van der Waals surface area contributed by atoms with Crippen molar-refractivity contribution in [3.63, 3.8) is 0 Å². The van der Waals surface area contributed by atoms with Crippen molar-refractivity contribution in [2.75, 3.05) is 5.32 Å². The van der Waals surface area contributed by atoms with Crippen molar-refractivity contribution in [3.05, 3.63) is 53.0 Å². The van der Waals surface area contributed by atoms with Crippen molar-refractivity contribution in [2.24, 2.45) is 0 Å². The minimum Gasteiger partial charge on any atom is -0.491 e. The van der Waals surface area contributed by atoms with E-state index in [1.807, 2.05) is 20.8 Å². The molecule has 0 saturated carbocycles. The predicted molar refractivity (Wildman–Crippen MR) is 118 cm³/mol. The molecule has 0 aliphatic heterocycles. The van der Waals surface area contributed by atoms with E-state index >= 15 is 0 Å². The Kier molecular flexibility index (Phi) is 7.07. The molecule has 1 aromatic heterocycles. The van der Waals surface area contributed by atoms with Crippen molar-refractivity contribution in [2.45, 2.75) is 33.3 Å². The molecule has 1 amide bonds. The summed E-state index contributed by atoms with van der Waals surface area (Å²) >= 11 is 1.30. The van der Waals surface area contributed by atoms with E-state index < -0.39 is 13.5 Å². The molecule has 0 fully saturated rings. The summed E-state index contributed by atoms with van der Waals surface area (Å²) in [6.07, 6.45) is 0.605. The largest absolute Gasteiger partial charge is 0.491 e. The van der Waals surface area contributed by atoms with Crippen LogP contribution in [0.5, 0.6) is 17.2 Å². The molecule has 0 spiro atoms. The summed E-state index contributed by atoms with van der Waals surface area (Å²) in [6.45, 7) is 5.68. The molecule has 0 atom stereocenters. The summed E-state index contributed by atoms with van der Waals surface area (Å²) < 4.78 is 22.8. The number of hydrogen-bond acceptors (Lipinski definition) is 7. The van der Waals surface area contributed by atoms with Crippen LogP contribution in [-0.2, 0) is 11.0 Å². The molecule has 1 heterocycles. The number of benzene rings is 2. The van der Waals surface area contributed by atoms with Gasteiger partial charge in [-0.05, 0) is 56.7 Å². The van der Waals surface area contributed by atoms with Gasteiger partial charge in [0.2, 0.25) is 5.13 Å². The average molecular weight is 463 g/mol. The van der Waals surface area contributed by atoms with Gasteiger partial charge in [-0.2, -0.15) is 0 Å². The van der Waals surface area contributed by atoms with Gasteiger partial charge in [0, 0.05) is 11.6 Å². The number of nitrogens with zero attached hydrogens (tertiary/aromatic N) is 2. The van der Waals surface area contributed by atoms with Crippen LogP contribution in [0.2, 0.25) is 0 Å². The third kappa shape index (κ3) is 6.35. The lowest BCUT2D eigenvalue weighted by molar-refractivity contribution is 0.102. The van der Waals surface area contributed by atoms with Gasteiger partial charge in [0.1, 0.15) is 22.3 Å². The molecule has 9 nitrogen and oxygen atoms in total. The number of ether oxygens (including phenoxy) is 2. The molecule has 0 radical (unpaired) electrons. The molecular weight excluding hydrogens is 441 g/mol. The Balaban J connectivity index is 1.85. The zero-order valence-corrected chi connectivity index (χ0v) is 18.8. The number of amides is 1. The van der Waals surface area contributed by atoms with E-state index in [0.29, 0.717) is 27.9 Å². The Bertz CT molecular complexity index is 1110. The lowest BCUT2D eigenvalue weighted by Crippen LogP contribution is -2.13. The quantitative estimate of drug-likeness (QED) is 0.431. The van der Waals surface area contributed by atoms with Crippen molar-refractivity contribution in [1.29, 1.82) is 0 Å². The fraction of sp³-hybridized carbons (Fsp3) is 0.250. The van der Waals surface area contributed by atoms with Crippen LogP contribution < -0.4 is 20.1 Å². The monoisotopic (exact) mass is 463 g/mol. The van der Waals surface area contributed by atoms with Gasteiger partial charge in [0.25, 0.3) is 5.91 Å². The van der Waals surface area contributed by atoms with E-state index in [2.05, 4.69) is 15.5 Å². The maximum absolute atomic E-state index is 12.7. The molecule has 3 N–H and O–H groups in total. The zero-order valence-electron chi connectivity index (χ0n) is 17.1. The van der Waals surface area contributed by atoms with Crippen molar-refractivity contribution >= 4 is 35.3 Å². The highest BCUT2D eigenvalue weighted by Crippen LogP contribution is 2.34. The molecule has 164 valence electrons.